The Bertz CT molecular complexity index is 650. The van der Waals surface area contributed by atoms with Crippen molar-refractivity contribution in [3.63, 3.8) is 0 Å². The quantitative estimate of drug-likeness (QED) is 0.894. The Labute approximate surface area is 131 Å². The maximum absolute atomic E-state index is 12.3. The topological polar surface area (TPSA) is 75.7 Å². The summed E-state index contributed by atoms with van der Waals surface area (Å²) in [4.78, 5) is 12.2. The Morgan fingerprint density at radius 3 is 2.73 bits per heavy atom. The number of anilines is 1. The molecule has 0 saturated carbocycles. The first-order valence-corrected chi connectivity index (χ1v) is 8.69. The molecule has 1 heterocycles. The highest BCUT2D eigenvalue weighted by Crippen LogP contribution is 2.23. The molecule has 1 aromatic carbocycles. The third-order valence-electron chi connectivity index (χ3n) is 3.67. The predicted molar refractivity (Wildman–Crippen MR) is 84.3 cm³/mol. The van der Waals surface area contributed by atoms with Crippen molar-refractivity contribution in [1.82, 2.24) is 4.31 Å². The molecule has 1 fully saturated rings. The Morgan fingerprint density at radius 1 is 1.41 bits per heavy atom. The van der Waals surface area contributed by atoms with E-state index in [0.717, 1.165) is 17.1 Å². The SMILES string of the molecule is Cc1ccc(NC(=O)CC2CCCO2)cc1S(=O)(=O)N(C)C. The first-order chi connectivity index (χ1) is 10.3. The van der Waals surface area contributed by atoms with Crippen LogP contribution in [-0.4, -0.2) is 45.4 Å². The highest BCUT2D eigenvalue weighted by Gasteiger charge is 2.22. The van der Waals surface area contributed by atoms with Crippen molar-refractivity contribution in [2.75, 3.05) is 26.0 Å². The van der Waals surface area contributed by atoms with E-state index in [9.17, 15) is 13.2 Å². The van der Waals surface area contributed by atoms with Crippen LogP contribution in [0.25, 0.3) is 0 Å². The number of ether oxygens (including phenoxy) is 1. The zero-order valence-electron chi connectivity index (χ0n) is 13.1. The molecule has 0 spiro atoms. The van der Waals surface area contributed by atoms with Gasteiger partial charge < -0.3 is 10.1 Å². The number of amides is 1. The summed E-state index contributed by atoms with van der Waals surface area (Å²) < 4.78 is 31.1. The zero-order valence-corrected chi connectivity index (χ0v) is 13.9. The average molecular weight is 326 g/mol. The molecule has 1 saturated heterocycles. The number of aryl methyl sites for hydroxylation is 1. The van der Waals surface area contributed by atoms with Gasteiger partial charge in [0, 0.05) is 26.4 Å². The van der Waals surface area contributed by atoms with Crippen molar-refractivity contribution in [3.8, 4) is 0 Å². The molecule has 0 aliphatic carbocycles. The van der Waals surface area contributed by atoms with Crippen LogP contribution in [0.1, 0.15) is 24.8 Å². The van der Waals surface area contributed by atoms with E-state index in [0.29, 0.717) is 24.3 Å². The monoisotopic (exact) mass is 326 g/mol. The molecule has 0 aromatic heterocycles. The smallest absolute Gasteiger partial charge is 0.242 e. The lowest BCUT2D eigenvalue weighted by Gasteiger charge is -2.15. The molecule has 6 nitrogen and oxygen atoms in total. The summed E-state index contributed by atoms with van der Waals surface area (Å²) in [6.07, 6.45) is 2.13. The fourth-order valence-corrected chi connectivity index (χ4v) is 3.52. The van der Waals surface area contributed by atoms with E-state index in [1.807, 2.05) is 0 Å². The van der Waals surface area contributed by atoms with E-state index in [-0.39, 0.29) is 16.9 Å². The van der Waals surface area contributed by atoms with Crippen LogP contribution in [0.15, 0.2) is 23.1 Å². The first-order valence-electron chi connectivity index (χ1n) is 7.25. The Morgan fingerprint density at radius 2 is 2.14 bits per heavy atom. The number of hydrogen-bond acceptors (Lipinski definition) is 4. The molecular formula is C15H22N2O4S. The fraction of sp³-hybridized carbons (Fsp3) is 0.533. The zero-order chi connectivity index (χ0) is 16.3. The summed E-state index contributed by atoms with van der Waals surface area (Å²) in [5.74, 6) is -0.163. The van der Waals surface area contributed by atoms with Gasteiger partial charge in [0.05, 0.1) is 17.4 Å². The van der Waals surface area contributed by atoms with E-state index in [1.54, 1.807) is 19.1 Å². The lowest BCUT2D eigenvalue weighted by Crippen LogP contribution is -2.23. The molecule has 1 atom stereocenters. The van der Waals surface area contributed by atoms with Gasteiger partial charge in [-0.05, 0) is 37.5 Å². The lowest BCUT2D eigenvalue weighted by atomic mass is 10.1. The minimum Gasteiger partial charge on any atom is -0.378 e. The number of nitrogens with zero attached hydrogens (tertiary/aromatic N) is 1. The van der Waals surface area contributed by atoms with Crippen molar-refractivity contribution in [2.45, 2.75) is 37.2 Å². The van der Waals surface area contributed by atoms with Crippen LogP contribution in [-0.2, 0) is 19.6 Å². The van der Waals surface area contributed by atoms with E-state index in [2.05, 4.69) is 5.32 Å². The second-order valence-corrected chi connectivity index (χ2v) is 7.78. The molecule has 122 valence electrons. The molecule has 1 aliphatic heterocycles. The summed E-state index contributed by atoms with van der Waals surface area (Å²) >= 11 is 0. The maximum atomic E-state index is 12.3. The normalized spacial score (nSPS) is 18.6. The van der Waals surface area contributed by atoms with Crippen molar-refractivity contribution >= 4 is 21.6 Å². The van der Waals surface area contributed by atoms with Gasteiger partial charge in [0.1, 0.15) is 0 Å². The van der Waals surface area contributed by atoms with Crippen molar-refractivity contribution < 1.29 is 17.9 Å². The van der Waals surface area contributed by atoms with E-state index < -0.39 is 10.0 Å². The molecule has 0 radical (unpaired) electrons. The van der Waals surface area contributed by atoms with Gasteiger partial charge >= 0.3 is 0 Å². The van der Waals surface area contributed by atoms with Gasteiger partial charge in [-0.2, -0.15) is 0 Å². The number of benzene rings is 1. The Kier molecular flexibility index (Phi) is 5.20. The van der Waals surface area contributed by atoms with E-state index in [4.69, 9.17) is 4.74 Å². The van der Waals surface area contributed by atoms with Crippen molar-refractivity contribution in [1.29, 1.82) is 0 Å². The van der Waals surface area contributed by atoms with Crippen LogP contribution in [0.2, 0.25) is 0 Å². The molecule has 1 unspecified atom stereocenters. The standard InChI is InChI=1S/C15H22N2O4S/c1-11-6-7-12(9-14(11)22(19,20)17(2)3)16-15(18)10-13-5-4-8-21-13/h6-7,9,13H,4-5,8,10H2,1-3H3,(H,16,18). The molecule has 1 aliphatic rings. The van der Waals surface area contributed by atoms with Gasteiger partial charge in [-0.3, -0.25) is 4.79 Å². The number of carbonyl (C=O) groups is 1. The summed E-state index contributed by atoms with van der Waals surface area (Å²) in [5, 5.41) is 2.75. The van der Waals surface area contributed by atoms with Crippen LogP contribution in [0, 0.1) is 6.92 Å². The molecule has 7 heteroatoms. The maximum Gasteiger partial charge on any atom is 0.242 e. The molecule has 1 amide bonds. The van der Waals surface area contributed by atoms with Gasteiger partial charge in [-0.25, -0.2) is 12.7 Å². The Hall–Kier alpha value is -1.44. The molecule has 22 heavy (non-hydrogen) atoms. The third-order valence-corrected chi connectivity index (χ3v) is 5.62. The number of hydrogen-bond donors (Lipinski definition) is 1. The van der Waals surface area contributed by atoms with Crippen molar-refractivity contribution in [2.24, 2.45) is 0 Å². The van der Waals surface area contributed by atoms with Gasteiger partial charge in [0.25, 0.3) is 0 Å². The van der Waals surface area contributed by atoms with Gasteiger partial charge in [0.2, 0.25) is 15.9 Å². The largest absolute Gasteiger partial charge is 0.378 e. The van der Waals surface area contributed by atoms with E-state index in [1.165, 1.54) is 20.2 Å². The summed E-state index contributed by atoms with van der Waals surface area (Å²) in [5.41, 5.74) is 1.12. The van der Waals surface area contributed by atoms with Crippen LogP contribution in [0.3, 0.4) is 0 Å². The molecule has 2 rings (SSSR count). The number of rotatable bonds is 5. The predicted octanol–water partition coefficient (Wildman–Crippen LogP) is 1.75. The van der Waals surface area contributed by atoms with Gasteiger partial charge in [-0.1, -0.05) is 6.07 Å². The molecule has 1 N–H and O–H groups in total. The molecule has 0 bridgehead atoms. The fourth-order valence-electron chi connectivity index (χ4n) is 2.38. The van der Waals surface area contributed by atoms with Crippen LogP contribution in [0.5, 0.6) is 0 Å². The highest BCUT2D eigenvalue weighted by molar-refractivity contribution is 7.89. The average Bonchev–Trinajstić information content (AvgIpc) is 2.93. The number of carbonyl (C=O) groups excluding carboxylic acids is 1. The Balaban J connectivity index is 2.14. The second kappa shape index (κ2) is 6.76. The van der Waals surface area contributed by atoms with Crippen molar-refractivity contribution in [3.05, 3.63) is 23.8 Å². The second-order valence-electron chi connectivity index (χ2n) is 5.66. The van der Waals surface area contributed by atoms with E-state index >= 15 is 0 Å². The van der Waals surface area contributed by atoms with Crippen LogP contribution < -0.4 is 5.32 Å². The highest BCUT2D eigenvalue weighted by atomic mass is 32.2. The van der Waals surface area contributed by atoms with Crippen LogP contribution in [0.4, 0.5) is 5.69 Å². The minimum atomic E-state index is -3.53. The third kappa shape index (κ3) is 3.85. The van der Waals surface area contributed by atoms with Crippen LogP contribution >= 0.6 is 0 Å². The number of sulfonamides is 1. The summed E-state index contributed by atoms with van der Waals surface area (Å²) in [7, 11) is -0.564. The first kappa shape index (κ1) is 16.9. The summed E-state index contributed by atoms with van der Waals surface area (Å²) in [6.45, 7) is 2.43. The van der Waals surface area contributed by atoms with Gasteiger partial charge in [-0.15, -0.1) is 0 Å². The molecule has 1 aromatic rings. The lowest BCUT2D eigenvalue weighted by molar-refractivity contribution is -0.118. The molecular weight excluding hydrogens is 304 g/mol. The minimum absolute atomic E-state index is 0.0320. The summed E-state index contributed by atoms with van der Waals surface area (Å²) in [6, 6.07) is 4.90. The van der Waals surface area contributed by atoms with Gasteiger partial charge in [0.15, 0.2) is 0 Å². The number of nitrogens with one attached hydrogen (secondary N) is 1.